The van der Waals surface area contributed by atoms with Gasteiger partial charge in [-0.15, -0.1) is 0 Å². The van der Waals surface area contributed by atoms with E-state index in [2.05, 4.69) is 216 Å². The van der Waals surface area contributed by atoms with Gasteiger partial charge in [0.25, 0.3) is 0 Å². The van der Waals surface area contributed by atoms with Crippen molar-refractivity contribution in [3.05, 3.63) is 193 Å². The Morgan fingerprint density at radius 2 is 1.13 bits per heavy atom. The Morgan fingerprint density at radius 1 is 0.529 bits per heavy atom. The highest BCUT2D eigenvalue weighted by molar-refractivity contribution is 6.09. The minimum atomic E-state index is 0.357. The maximum Gasteiger partial charge on any atom is 0.159 e. The SMILES string of the molecule is CC(C)c1cc(-c2ccccc2)cc(C(C)C)c1-n1cc(CCCCCCc2ccc(N3C=CN(CCCCN4C=CN(c5cccc6c5oc5ccccc56)C4)C3)cc2)nc1-c1ccccc1. The van der Waals surface area contributed by atoms with E-state index in [0.717, 1.165) is 86.8 Å². The van der Waals surface area contributed by atoms with Crippen molar-refractivity contribution < 1.29 is 4.42 Å². The van der Waals surface area contributed by atoms with Gasteiger partial charge in [0.15, 0.2) is 5.58 Å². The summed E-state index contributed by atoms with van der Waals surface area (Å²) < 4.78 is 8.72. The first kappa shape index (κ1) is 44.8. The number of para-hydroxylation sites is 2. The number of rotatable bonds is 19. The summed E-state index contributed by atoms with van der Waals surface area (Å²) in [6.45, 7) is 13.1. The molecule has 2 aromatic heterocycles. The fourth-order valence-electron chi connectivity index (χ4n) is 10.1. The second-order valence-corrected chi connectivity index (χ2v) is 19.5. The van der Waals surface area contributed by atoms with E-state index in [-0.39, 0.29) is 0 Å². The van der Waals surface area contributed by atoms with Gasteiger partial charge in [0, 0.05) is 66.1 Å². The lowest BCUT2D eigenvalue weighted by Gasteiger charge is -2.23. The summed E-state index contributed by atoms with van der Waals surface area (Å²) in [7, 11) is 0. The van der Waals surface area contributed by atoms with E-state index in [1.165, 1.54) is 74.9 Å². The largest absolute Gasteiger partial charge is 0.454 e. The molecule has 8 aromatic rings. The zero-order valence-electron chi connectivity index (χ0n) is 40.4. The normalized spacial score (nSPS) is 13.8. The van der Waals surface area contributed by atoms with Gasteiger partial charge in [-0.25, -0.2) is 4.98 Å². The van der Waals surface area contributed by atoms with Crippen LogP contribution in [0.1, 0.15) is 100 Å². The standard InChI is InChI=1S/C61H66N6O/c1-45(2)55-40-50(48-21-10-7-11-22-48)41-56(46(3)4)59(55)67-42-51(62-61(67)49-23-12-8-13-24-49)25-14-6-5-9-20-47-30-32-52(33-31-47)65-38-36-63(43-65)34-17-18-35-64-37-39-66(44-64)57-28-19-27-54-53-26-15-16-29-58(53)68-60(54)57/h7-8,10-13,15-16,19,21-24,26-33,36-42,45-46H,5-6,9,14,17-18,20,25,34-35,43-44H2,1-4H3. The van der Waals surface area contributed by atoms with Crippen molar-refractivity contribution in [2.75, 3.05) is 36.2 Å². The van der Waals surface area contributed by atoms with Gasteiger partial charge in [0.2, 0.25) is 0 Å². The number of anilines is 2. The predicted molar refractivity (Wildman–Crippen MR) is 284 cm³/mol. The Kier molecular flexibility index (Phi) is 13.5. The summed E-state index contributed by atoms with van der Waals surface area (Å²) in [5.41, 5.74) is 14.6. The molecule has 7 nitrogen and oxygen atoms in total. The van der Waals surface area contributed by atoms with Gasteiger partial charge >= 0.3 is 0 Å². The number of unbranched alkanes of at least 4 members (excludes halogenated alkanes) is 4. The smallest absolute Gasteiger partial charge is 0.159 e. The average Bonchev–Trinajstić information content (AvgIpc) is 4.21. The molecular formula is C61H66N6O. The molecule has 68 heavy (non-hydrogen) atoms. The van der Waals surface area contributed by atoms with E-state index in [9.17, 15) is 0 Å². The molecule has 0 saturated carbocycles. The van der Waals surface area contributed by atoms with Crippen LogP contribution >= 0.6 is 0 Å². The first-order chi connectivity index (χ1) is 33.4. The molecule has 4 heterocycles. The number of benzene rings is 6. The summed E-state index contributed by atoms with van der Waals surface area (Å²) in [4.78, 5) is 14.9. The van der Waals surface area contributed by atoms with Crippen LogP contribution in [0.25, 0.3) is 50.1 Å². The minimum Gasteiger partial charge on any atom is -0.454 e. The number of aryl methyl sites for hydroxylation is 2. The third-order valence-corrected chi connectivity index (χ3v) is 13.9. The van der Waals surface area contributed by atoms with Crippen molar-refractivity contribution in [3.8, 4) is 28.2 Å². The molecule has 0 unspecified atom stereocenters. The molecule has 2 aliphatic heterocycles. The Balaban J connectivity index is 0.675. The number of furan rings is 1. The quantitative estimate of drug-likeness (QED) is 0.0754. The van der Waals surface area contributed by atoms with Crippen molar-refractivity contribution >= 4 is 33.3 Å². The highest BCUT2D eigenvalue weighted by atomic mass is 16.3. The third-order valence-electron chi connectivity index (χ3n) is 13.9. The first-order valence-electron chi connectivity index (χ1n) is 25.1. The summed E-state index contributed by atoms with van der Waals surface area (Å²) in [5, 5.41) is 2.35. The lowest BCUT2D eigenvalue weighted by Crippen LogP contribution is -2.28. The molecular weight excluding hydrogens is 833 g/mol. The summed E-state index contributed by atoms with van der Waals surface area (Å²) >= 11 is 0. The molecule has 10 rings (SSSR count). The van der Waals surface area contributed by atoms with Gasteiger partial charge in [-0.3, -0.25) is 4.57 Å². The highest BCUT2D eigenvalue weighted by Crippen LogP contribution is 2.39. The van der Waals surface area contributed by atoms with Crippen LogP contribution in [0.4, 0.5) is 11.4 Å². The van der Waals surface area contributed by atoms with E-state index in [1.807, 2.05) is 6.07 Å². The zero-order valence-corrected chi connectivity index (χ0v) is 40.4. The van der Waals surface area contributed by atoms with E-state index < -0.39 is 0 Å². The molecule has 0 bridgehead atoms. The van der Waals surface area contributed by atoms with E-state index in [4.69, 9.17) is 9.40 Å². The van der Waals surface area contributed by atoms with Crippen LogP contribution in [0.3, 0.4) is 0 Å². The molecule has 346 valence electrons. The van der Waals surface area contributed by atoms with Gasteiger partial charge in [-0.2, -0.15) is 0 Å². The maximum absolute atomic E-state index is 6.30. The van der Waals surface area contributed by atoms with Crippen molar-refractivity contribution in [1.82, 2.24) is 19.4 Å². The maximum atomic E-state index is 6.30. The van der Waals surface area contributed by atoms with Gasteiger partial charge < -0.3 is 24.0 Å². The lowest BCUT2D eigenvalue weighted by atomic mass is 9.88. The van der Waals surface area contributed by atoms with Gasteiger partial charge in [0.1, 0.15) is 11.4 Å². The Morgan fingerprint density at radius 3 is 1.82 bits per heavy atom. The number of hydrogen-bond donors (Lipinski definition) is 0. The molecule has 0 radical (unpaired) electrons. The van der Waals surface area contributed by atoms with E-state index in [0.29, 0.717) is 11.8 Å². The third kappa shape index (κ3) is 9.85. The molecule has 0 aliphatic carbocycles. The first-order valence-corrected chi connectivity index (χ1v) is 25.1. The number of aromatic nitrogens is 2. The fourth-order valence-corrected chi connectivity index (χ4v) is 10.1. The lowest BCUT2D eigenvalue weighted by molar-refractivity contribution is 0.354. The van der Waals surface area contributed by atoms with Crippen LogP contribution in [0.5, 0.6) is 0 Å². The molecule has 0 N–H and O–H groups in total. The van der Waals surface area contributed by atoms with E-state index in [1.54, 1.807) is 0 Å². The number of nitrogens with zero attached hydrogens (tertiary/aromatic N) is 6. The van der Waals surface area contributed by atoms with Crippen molar-refractivity contribution in [2.24, 2.45) is 0 Å². The second-order valence-electron chi connectivity index (χ2n) is 19.5. The average molecular weight is 899 g/mol. The number of imidazole rings is 1. The van der Waals surface area contributed by atoms with Crippen LogP contribution in [-0.4, -0.2) is 45.8 Å². The Labute approximate surface area is 403 Å². The monoisotopic (exact) mass is 899 g/mol. The Hall–Kier alpha value is -6.99. The van der Waals surface area contributed by atoms with Crippen LogP contribution in [0.15, 0.2) is 175 Å². The van der Waals surface area contributed by atoms with Crippen molar-refractivity contribution in [3.63, 3.8) is 0 Å². The number of hydrogen-bond acceptors (Lipinski definition) is 6. The molecule has 0 fully saturated rings. The molecule has 0 spiro atoms. The molecule has 0 atom stereocenters. The van der Waals surface area contributed by atoms with Gasteiger partial charge in [0.05, 0.1) is 30.4 Å². The summed E-state index contributed by atoms with van der Waals surface area (Å²) in [5.74, 6) is 1.75. The highest BCUT2D eigenvalue weighted by Gasteiger charge is 2.23. The Bertz CT molecular complexity index is 2970. The van der Waals surface area contributed by atoms with Crippen molar-refractivity contribution in [1.29, 1.82) is 0 Å². The summed E-state index contributed by atoms with van der Waals surface area (Å²) in [6.07, 6.45) is 20.4. The van der Waals surface area contributed by atoms with Crippen LogP contribution in [-0.2, 0) is 12.8 Å². The molecule has 0 saturated heterocycles. The molecule has 7 heteroatoms. The number of fused-ring (bicyclic) bond motifs is 3. The van der Waals surface area contributed by atoms with E-state index >= 15 is 0 Å². The van der Waals surface area contributed by atoms with Crippen LogP contribution < -0.4 is 9.80 Å². The summed E-state index contributed by atoms with van der Waals surface area (Å²) in [6, 6.07) is 50.4. The zero-order chi connectivity index (χ0) is 46.4. The second kappa shape index (κ2) is 20.5. The molecule has 0 amide bonds. The molecule has 2 aliphatic rings. The van der Waals surface area contributed by atoms with Gasteiger partial charge in [-0.1, -0.05) is 144 Å². The molecule has 6 aromatic carbocycles. The fraction of sp³-hybridized carbons (Fsp3) is 0.295. The topological polar surface area (TPSA) is 43.9 Å². The van der Waals surface area contributed by atoms with Crippen molar-refractivity contribution in [2.45, 2.75) is 90.9 Å². The van der Waals surface area contributed by atoms with Gasteiger partial charge in [-0.05, 0) is 115 Å². The minimum absolute atomic E-state index is 0.357. The predicted octanol–water partition coefficient (Wildman–Crippen LogP) is 15.3. The van der Waals surface area contributed by atoms with Crippen LogP contribution in [0, 0.1) is 0 Å². The van der Waals surface area contributed by atoms with Crippen LogP contribution in [0.2, 0.25) is 0 Å².